The van der Waals surface area contributed by atoms with Crippen LogP contribution >= 0.6 is 0 Å². The first-order chi connectivity index (χ1) is 6.48. The average molecular weight is 200 g/mol. The van der Waals surface area contributed by atoms with Gasteiger partial charge >= 0.3 is 6.03 Å². The lowest BCUT2D eigenvalue weighted by Gasteiger charge is -2.19. The van der Waals surface area contributed by atoms with Gasteiger partial charge in [0.2, 0.25) is 5.91 Å². The van der Waals surface area contributed by atoms with Gasteiger partial charge in [-0.05, 0) is 13.3 Å². The van der Waals surface area contributed by atoms with Crippen molar-refractivity contribution in [1.82, 2.24) is 16.1 Å². The number of rotatable bonds is 3. The maximum absolute atomic E-state index is 11.2. The lowest BCUT2D eigenvalue weighted by Crippen LogP contribution is -2.45. The molecule has 1 rings (SSSR count). The van der Waals surface area contributed by atoms with Crippen molar-refractivity contribution in [3.05, 3.63) is 0 Å². The fraction of sp³-hybridized carbons (Fsp3) is 0.571. The van der Waals surface area contributed by atoms with Gasteiger partial charge in [0.1, 0.15) is 5.54 Å². The standard InChI is InChI=1S/C7H12N4O3/c1-7(3-2-4(12)11-8)5(13)9-6(14)10-7/h2-3,8H2,1H3,(H,11,12)(H2,9,10,13,14). The first-order valence-electron chi connectivity index (χ1n) is 4.11. The molecule has 1 atom stereocenters. The zero-order valence-electron chi connectivity index (χ0n) is 7.72. The molecule has 1 unspecified atom stereocenters. The number of nitrogens with one attached hydrogen (secondary N) is 3. The summed E-state index contributed by atoms with van der Waals surface area (Å²) in [5.41, 5.74) is 0.939. The highest BCUT2D eigenvalue weighted by atomic mass is 16.2. The number of carbonyl (C=O) groups is 3. The third-order valence-corrected chi connectivity index (χ3v) is 2.13. The number of nitrogens with two attached hydrogens (primary N) is 1. The van der Waals surface area contributed by atoms with Crippen LogP contribution in [-0.2, 0) is 9.59 Å². The highest BCUT2D eigenvalue weighted by Crippen LogP contribution is 2.16. The molecular weight excluding hydrogens is 188 g/mol. The van der Waals surface area contributed by atoms with Crippen molar-refractivity contribution in [1.29, 1.82) is 0 Å². The molecule has 1 heterocycles. The number of urea groups is 1. The van der Waals surface area contributed by atoms with Gasteiger partial charge in [0.05, 0.1) is 0 Å². The van der Waals surface area contributed by atoms with Gasteiger partial charge in [-0.1, -0.05) is 0 Å². The second-order valence-corrected chi connectivity index (χ2v) is 3.31. The smallest absolute Gasteiger partial charge is 0.322 e. The minimum Gasteiger partial charge on any atom is -0.324 e. The quantitative estimate of drug-likeness (QED) is 0.189. The molecule has 0 aromatic carbocycles. The fourth-order valence-corrected chi connectivity index (χ4v) is 1.19. The molecule has 1 aliphatic heterocycles. The average Bonchev–Trinajstić information content (AvgIpc) is 2.37. The van der Waals surface area contributed by atoms with Crippen LogP contribution in [0.25, 0.3) is 0 Å². The van der Waals surface area contributed by atoms with Crippen molar-refractivity contribution < 1.29 is 14.4 Å². The zero-order chi connectivity index (χ0) is 10.8. The Balaban J connectivity index is 2.54. The molecule has 0 aliphatic carbocycles. The summed E-state index contributed by atoms with van der Waals surface area (Å²) >= 11 is 0. The van der Waals surface area contributed by atoms with E-state index < -0.39 is 17.5 Å². The van der Waals surface area contributed by atoms with Gasteiger partial charge in [0.15, 0.2) is 0 Å². The molecule has 0 aromatic heterocycles. The third kappa shape index (κ3) is 1.99. The number of hydrogen-bond donors (Lipinski definition) is 4. The lowest BCUT2D eigenvalue weighted by molar-refractivity contribution is -0.124. The number of amides is 4. The van der Waals surface area contributed by atoms with Crippen LogP contribution in [0.15, 0.2) is 0 Å². The summed E-state index contributed by atoms with van der Waals surface area (Å²) in [5, 5.41) is 4.54. The van der Waals surface area contributed by atoms with Crippen molar-refractivity contribution in [2.75, 3.05) is 0 Å². The summed E-state index contributed by atoms with van der Waals surface area (Å²) in [4.78, 5) is 32.9. The van der Waals surface area contributed by atoms with Gasteiger partial charge in [-0.3, -0.25) is 20.3 Å². The Bertz CT molecular complexity index is 291. The minimum absolute atomic E-state index is 0.0840. The van der Waals surface area contributed by atoms with Crippen LogP contribution in [0.4, 0.5) is 4.79 Å². The van der Waals surface area contributed by atoms with Crippen LogP contribution in [0, 0.1) is 0 Å². The van der Waals surface area contributed by atoms with Gasteiger partial charge in [-0.25, -0.2) is 10.6 Å². The van der Waals surface area contributed by atoms with Crippen molar-refractivity contribution in [2.24, 2.45) is 5.84 Å². The Morgan fingerprint density at radius 1 is 1.57 bits per heavy atom. The van der Waals surface area contributed by atoms with Crippen LogP contribution < -0.4 is 21.9 Å². The highest BCUT2D eigenvalue weighted by molar-refractivity contribution is 6.06. The SMILES string of the molecule is CC1(CCC(=O)NN)NC(=O)NC1=O. The van der Waals surface area contributed by atoms with E-state index in [9.17, 15) is 14.4 Å². The normalized spacial score (nSPS) is 25.6. The maximum Gasteiger partial charge on any atom is 0.322 e. The van der Waals surface area contributed by atoms with E-state index in [0.717, 1.165) is 0 Å². The first kappa shape index (κ1) is 10.5. The van der Waals surface area contributed by atoms with Crippen LogP contribution in [0.3, 0.4) is 0 Å². The van der Waals surface area contributed by atoms with Crippen molar-refractivity contribution in [2.45, 2.75) is 25.3 Å². The summed E-state index contributed by atoms with van der Waals surface area (Å²) < 4.78 is 0. The largest absolute Gasteiger partial charge is 0.324 e. The molecule has 14 heavy (non-hydrogen) atoms. The molecule has 1 aliphatic rings. The van der Waals surface area contributed by atoms with E-state index in [1.165, 1.54) is 0 Å². The van der Waals surface area contributed by atoms with E-state index in [2.05, 4.69) is 10.6 Å². The summed E-state index contributed by atoms with van der Waals surface area (Å²) in [5.74, 6) is 4.08. The topological polar surface area (TPSA) is 113 Å². The molecule has 0 radical (unpaired) electrons. The van der Waals surface area contributed by atoms with Crippen molar-refractivity contribution in [3.8, 4) is 0 Å². The molecule has 0 spiro atoms. The number of carbonyl (C=O) groups excluding carboxylic acids is 3. The predicted molar refractivity (Wildman–Crippen MR) is 46.6 cm³/mol. The highest BCUT2D eigenvalue weighted by Gasteiger charge is 2.41. The van der Waals surface area contributed by atoms with Crippen LogP contribution in [-0.4, -0.2) is 23.4 Å². The molecule has 1 fully saturated rings. The van der Waals surface area contributed by atoms with E-state index in [1.807, 2.05) is 5.43 Å². The third-order valence-electron chi connectivity index (χ3n) is 2.13. The molecular formula is C7H12N4O3. The summed E-state index contributed by atoms with van der Waals surface area (Å²) in [6.07, 6.45) is 0.300. The molecule has 0 bridgehead atoms. The molecule has 5 N–H and O–H groups in total. The van der Waals surface area contributed by atoms with E-state index in [4.69, 9.17) is 5.84 Å². The first-order valence-corrected chi connectivity index (χ1v) is 4.11. The Hall–Kier alpha value is -1.63. The molecule has 1 saturated heterocycles. The lowest BCUT2D eigenvalue weighted by atomic mass is 9.96. The second kappa shape index (κ2) is 3.62. The zero-order valence-corrected chi connectivity index (χ0v) is 7.72. The fourth-order valence-electron chi connectivity index (χ4n) is 1.19. The van der Waals surface area contributed by atoms with Gasteiger partial charge in [-0.15, -0.1) is 0 Å². The summed E-state index contributed by atoms with van der Waals surface area (Å²) in [6, 6.07) is -0.536. The Labute approximate surface area is 80.4 Å². The molecule has 7 heteroatoms. The van der Waals surface area contributed by atoms with Gasteiger partial charge in [-0.2, -0.15) is 0 Å². The van der Waals surface area contributed by atoms with Crippen LogP contribution in [0.1, 0.15) is 19.8 Å². The predicted octanol–water partition coefficient (Wildman–Crippen LogP) is -1.65. The molecule has 4 amide bonds. The molecule has 7 nitrogen and oxygen atoms in total. The van der Waals surface area contributed by atoms with Crippen molar-refractivity contribution >= 4 is 17.8 Å². The molecule has 0 saturated carbocycles. The number of hydrazine groups is 1. The maximum atomic E-state index is 11.2. The van der Waals surface area contributed by atoms with Crippen molar-refractivity contribution in [3.63, 3.8) is 0 Å². The van der Waals surface area contributed by atoms with Crippen LogP contribution in [0.2, 0.25) is 0 Å². The van der Waals surface area contributed by atoms with Crippen LogP contribution in [0.5, 0.6) is 0 Å². The summed E-state index contributed by atoms with van der Waals surface area (Å²) in [6.45, 7) is 1.55. The van der Waals surface area contributed by atoms with Gasteiger partial charge < -0.3 is 5.32 Å². The minimum atomic E-state index is -1.01. The number of imide groups is 1. The second-order valence-electron chi connectivity index (χ2n) is 3.31. The monoisotopic (exact) mass is 200 g/mol. The Morgan fingerprint density at radius 2 is 2.21 bits per heavy atom. The summed E-state index contributed by atoms with van der Waals surface area (Å²) in [7, 11) is 0. The Kier molecular flexibility index (Phi) is 2.70. The van der Waals surface area contributed by atoms with E-state index in [0.29, 0.717) is 0 Å². The Morgan fingerprint density at radius 3 is 2.64 bits per heavy atom. The number of hydrogen-bond acceptors (Lipinski definition) is 4. The van der Waals surface area contributed by atoms with Gasteiger partial charge in [0, 0.05) is 6.42 Å². The molecule has 78 valence electrons. The van der Waals surface area contributed by atoms with E-state index in [1.54, 1.807) is 6.92 Å². The van der Waals surface area contributed by atoms with Gasteiger partial charge in [0.25, 0.3) is 5.91 Å². The molecule has 0 aromatic rings. The van der Waals surface area contributed by atoms with E-state index >= 15 is 0 Å². The van der Waals surface area contributed by atoms with E-state index in [-0.39, 0.29) is 18.7 Å².